The van der Waals surface area contributed by atoms with Crippen molar-refractivity contribution in [3.05, 3.63) is 0 Å². The molecule has 0 saturated carbocycles. The van der Waals surface area contributed by atoms with Gasteiger partial charge >= 0.3 is 5.97 Å². The number of aliphatic carboxylic acids is 1. The van der Waals surface area contributed by atoms with Crippen LogP contribution in [0, 0.1) is 5.92 Å². The van der Waals surface area contributed by atoms with Gasteiger partial charge in [-0.25, -0.2) is 4.79 Å². The molecule has 12 heteroatoms. The molecule has 0 aromatic rings. The minimum absolute atomic E-state index is 0.297. The van der Waals surface area contributed by atoms with Crippen molar-refractivity contribution in [2.24, 2.45) is 23.1 Å². The number of amides is 3. The molecule has 0 bridgehead atoms. The third kappa shape index (κ3) is 11.4. The van der Waals surface area contributed by atoms with Crippen LogP contribution in [0.25, 0.3) is 0 Å². The van der Waals surface area contributed by atoms with E-state index < -0.39 is 54.5 Å². The van der Waals surface area contributed by atoms with E-state index in [1.165, 1.54) is 0 Å². The molecule has 0 spiro atoms. The Kier molecular flexibility index (Phi) is 15.2. The Morgan fingerprint density at radius 3 is 1.78 bits per heavy atom. The van der Waals surface area contributed by atoms with Gasteiger partial charge in [-0.2, -0.15) is 0 Å². The van der Waals surface area contributed by atoms with Gasteiger partial charge in [-0.15, -0.1) is 0 Å². The smallest absolute Gasteiger partial charge is 0.328 e. The van der Waals surface area contributed by atoms with Crippen LogP contribution in [0.15, 0.2) is 0 Å². The Labute approximate surface area is 189 Å². The van der Waals surface area contributed by atoms with Crippen molar-refractivity contribution in [3.63, 3.8) is 0 Å². The normalized spacial score (nSPS) is 14.8. The summed E-state index contributed by atoms with van der Waals surface area (Å²) in [4.78, 5) is 49.0. The fraction of sp³-hybridized carbons (Fsp3) is 0.800. The molecular formula is C20H40N6O6. The van der Waals surface area contributed by atoms with Crippen LogP contribution in [0.3, 0.4) is 0 Å². The van der Waals surface area contributed by atoms with E-state index in [-0.39, 0.29) is 5.92 Å². The predicted molar refractivity (Wildman–Crippen MR) is 119 cm³/mol. The van der Waals surface area contributed by atoms with Crippen molar-refractivity contribution in [2.45, 2.75) is 76.5 Å². The fourth-order valence-corrected chi connectivity index (χ4v) is 2.92. The average molecular weight is 461 g/mol. The van der Waals surface area contributed by atoms with E-state index in [2.05, 4.69) is 16.0 Å². The highest BCUT2D eigenvalue weighted by molar-refractivity contribution is 5.94. The second kappa shape index (κ2) is 16.4. The number of carboxylic acid groups (broad SMARTS) is 1. The lowest BCUT2D eigenvalue weighted by Gasteiger charge is -2.27. The lowest BCUT2D eigenvalue weighted by Crippen LogP contribution is -2.58. The monoisotopic (exact) mass is 460 g/mol. The third-order valence-corrected chi connectivity index (χ3v) is 4.93. The summed E-state index contributed by atoms with van der Waals surface area (Å²) in [6.45, 7) is 3.48. The first-order valence-electron chi connectivity index (χ1n) is 11.0. The number of unbranched alkanes of at least 4 members (excludes halogenated alkanes) is 2. The Balaban J connectivity index is 5.26. The van der Waals surface area contributed by atoms with E-state index in [9.17, 15) is 19.2 Å². The van der Waals surface area contributed by atoms with Crippen molar-refractivity contribution >= 4 is 23.7 Å². The van der Waals surface area contributed by atoms with Gasteiger partial charge in [0, 0.05) is 0 Å². The molecule has 3 amide bonds. The number of carboxylic acids is 1. The van der Waals surface area contributed by atoms with Gasteiger partial charge in [0.15, 0.2) is 0 Å². The molecule has 186 valence electrons. The number of carbonyl (C=O) groups is 4. The number of hydrogen-bond acceptors (Lipinski definition) is 8. The van der Waals surface area contributed by atoms with Crippen LogP contribution in [-0.4, -0.2) is 77.8 Å². The zero-order valence-corrected chi connectivity index (χ0v) is 19.0. The number of aliphatic hydroxyl groups excluding tert-OH is 1. The lowest BCUT2D eigenvalue weighted by molar-refractivity contribution is -0.143. The standard InChI is InChI=1S/C20H40N6O6/c1-12(2)16(19(30)25-15(11-27)20(31)32)26-18(29)14(8-4-6-10-22)24-17(28)13(23)7-3-5-9-21/h12-16,27H,3-11,21-23H2,1-2H3,(H,24,28)(H,25,30)(H,26,29)(H,31,32). The quantitative estimate of drug-likeness (QED) is 0.110. The summed E-state index contributed by atoms with van der Waals surface area (Å²) in [7, 11) is 0. The van der Waals surface area contributed by atoms with Crippen LogP contribution in [0.4, 0.5) is 0 Å². The zero-order valence-electron chi connectivity index (χ0n) is 19.0. The summed E-state index contributed by atoms with van der Waals surface area (Å²) in [6.07, 6.45) is 3.35. The topological polar surface area (TPSA) is 223 Å². The lowest BCUT2D eigenvalue weighted by atomic mass is 10.0. The van der Waals surface area contributed by atoms with E-state index in [4.69, 9.17) is 27.4 Å². The Morgan fingerprint density at radius 1 is 0.781 bits per heavy atom. The van der Waals surface area contributed by atoms with Crippen molar-refractivity contribution in [3.8, 4) is 0 Å². The second-order valence-electron chi connectivity index (χ2n) is 8.05. The van der Waals surface area contributed by atoms with Crippen molar-refractivity contribution < 1.29 is 29.4 Å². The zero-order chi connectivity index (χ0) is 24.7. The van der Waals surface area contributed by atoms with Gasteiger partial charge < -0.3 is 43.4 Å². The molecule has 4 unspecified atom stereocenters. The molecule has 0 aliphatic rings. The molecule has 0 aromatic heterocycles. The Bertz CT molecular complexity index is 603. The number of nitrogens with one attached hydrogen (secondary N) is 3. The van der Waals surface area contributed by atoms with Gasteiger partial charge in [0.25, 0.3) is 0 Å². The van der Waals surface area contributed by atoms with E-state index >= 15 is 0 Å². The highest BCUT2D eigenvalue weighted by Gasteiger charge is 2.31. The minimum Gasteiger partial charge on any atom is -0.480 e. The van der Waals surface area contributed by atoms with Crippen LogP contribution in [-0.2, 0) is 19.2 Å². The molecule has 0 aliphatic heterocycles. The predicted octanol–water partition coefficient (Wildman–Crippen LogP) is -2.24. The molecule has 0 heterocycles. The maximum absolute atomic E-state index is 12.9. The number of nitrogens with two attached hydrogens (primary N) is 3. The molecule has 11 N–H and O–H groups in total. The summed E-state index contributed by atoms with van der Waals surface area (Å²) in [5, 5.41) is 25.6. The number of carbonyl (C=O) groups excluding carboxylic acids is 3. The molecule has 12 nitrogen and oxygen atoms in total. The summed E-state index contributed by atoms with van der Waals surface area (Å²) in [5.74, 6) is -3.60. The molecule has 32 heavy (non-hydrogen) atoms. The van der Waals surface area contributed by atoms with Gasteiger partial charge in [-0.05, 0) is 51.1 Å². The highest BCUT2D eigenvalue weighted by Crippen LogP contribution is 2.07. The number of aliphatic hydroxyl groups is 1. The SMILES string of the molecule is CC(C)C(NC(=O)C(CCCCN)NC(=O)C(N)CCCCN)C(=O)NC(CO)C(=O)O. The maximum atomic E-state index is 12.9. The molecule has 0 fully saturated rings. The number of rotatable bonds is 17. The van der Waals surface area contributed by atoms with E-state index in [1.54, 1.807) is 13.8 Å². The van der Waals surface area contributed by atoms with Crippen LogP contribution in [0.1, 0.15) is 52.4 Å². The van der Waals surface area contributed by atoms with Crippen LogP contribution in [0.2, 0.25) is 0 Å². The third-order valence-electron chi connectivity index (χ3n) is 4.93. The largest absolute Gasteiger partial charge is 0.480 e. The second-order valence-corrected chi connectivity index (χ2v) is 8.05. The molecular weight excluding hydrogens is 420 g/mol. The first kappa shape index (κ1) is 29.7. The van der Waals surface area contributed by atoms with Gasteiger partial charge in [0.2, 0.25) is 17.7 Å². The average Bonchev–Trinajstić information content (AvgIpc) is 2.74. The highest BCUT2D eigenvalue weighted by atomic mass is 16.4. The molecule has 0 aliphatic carbocycles. The molecule has 0 radical (unpaired) electrons. The van der Waals surface area contributed by atoms with Gasteiger partial charge in [0.05, 0.1) is 12.6 Å². The molecule has 0 saturated heterocycles. The first-order valence-corrected chi connectivity index (χ1v) is 11.0. The van der Waals surface area contributed by atoms with E-state index in [1.807, 2.05) is 0 Å². The summed E-state index contributed by atoms with van der Waals surface area (Å²) >= 11 is 0. The van der Waals surface area contributed by atoms with Gasteiger partial charge in [-0.3, -0.25) is 14.4 Å². The van der Waals surface area contributed by atoms with Gasteiger partial charge in [0.1, 0.15) is 18.1 Å². The van der Waals surface area contributed by atoms with E-state index in [0.717, 1.165) is 6.42 Å². The Morgan fingerprint density at radius 2 is 1.31 bits per heavy atom. The van der Waals surface area contributed by atoms with Crippen molar-refractivity contribution in [2.75, 3.05) is 19.7 Å². The summed E-state index contributed by atoms with van der Waals surface area (Å²) in [5.41, 5.74) is 16.9. The maximum Gasteiger partial charge on any atom is 0.328 e. The number of hydrogen-bond donors (Lipinski definition) is 8. The van der Waals surface area contributed by atoms with E-state index in [0.29, 0.717) is 45.2 Å². The van der Waals surface area contributed by atoms with Crippen molar-refractivity contribution in [1.29, 1.82) is 0 Å². The summed E-state index contributed by atoms with van der Waals surface area (Å²) in [6, 6.07) is -4.29. The van der Waals surface area contributed by atoms with Gasteiger partial charge in [-0.1, -0.05) is 20.3 Å². The first-order chi connectivity index (χ1) is 15.1. The molecule has 0 rings (SSSR count). The van der Waals surface area contributed by atoms with Crippen LogP contribution < -0.4 is 33.2 Å². The Hall–Kier alpha value is -2.28. The minimum atomic E-state index is -1.49. The van der Waals surface area contributed by atoms with Crippen LogP contribution >= 0.6 is 0 Å². The van der Waals surface area contributed by atoms with Crippen molar-refractivity contribution in [1.82, 2.24) is 16.0 Å². The van der Waals surface area contributed by atoms with Crippen LogP contribution in [0.5, 0.6) is 0 Å². The molecule has 0 aromatic carbocycles. The molecule has 4 atom stereocenters. The fourth-order valence-electron chi connectivity index (χ4n) is 2.92. The summed E-state index contributed by atoms with van der Waals surface area (Å²) < 4.78 is 0.